The minimum Gasteiger partial charge on any atom is -0.404 e. The largest absolute Gasteiger partial charge is 0.573 e. The van der Waals surface area contributed by atoms with E-state index >= 15 is 0 Å². The SMILES string of the molecule is CC(C)(N)C#Cc1ccccc1OC(F)(F)F. The van der Waals surface area contributed by atoms with Gasteiger partial charge in [0.1, 0.15) is 5.75 Å². The van der Waals surface area contributed by atoms with Crippen molar-refractivity contribution in [2.75, 3.05) is 0 Å². The van der Waals surface area contributed by atoms with Crippen LogP contribution in [-0.2, 0) is 0 Å². The molecule has 0 saturated carbocycles. The molecule has 2 nitrogen and oxygen atoms in total. The average molecular weight is 243 g/mol. The molecule has 1 aromatic rings. The minimum absolute atomic E-state index is 0.156. The molecular weight excluding hydrogens is 231 g/mol. The van der Waals surface area contributed by atoms with Crippen LogP contribution in [0.25, 0.3) is 0 Å². The molecule has 0 aromatic heterocycles. The summed E-state index contributed by atoms with van der Waals surface area (Å²) in [7, 11) is 0. The first-order valence-corrected chi connectivity index (χ1v) is 4.84. The zero-order chi connectivity index (χ0) is 13.1. The normalized spacial score (nSPS) is 11.6. The molecule has 0 spiro atoms. The van der Waals surface area contributed by atoms with E-state index < -0.39 is 11.9 Å². The summed E-state index contributed by atoms with van der Waals surface area (Å²) < 4.78 is 40.2. The van der Waals surface area contributed by atoms with E-state index in [1.165, 1.54) is 18.2 Å². The number of ether oxygens (including phenoxy) is 1. The Morgan fingerprint density at radius 3 is 2.29 bits per heavy atom. The second kappa shape index (κ2) is 4.68. The lowest BCUT2D eigenvalue weighted by atomic mass is 10.1. The molecule has 0 radical (unpaired) electrons. The van der Waals surface area contributed by atoms with Crippen molar-refractivity contribution in [3.8, 4) is 17.6 Å². The van der Waals surface area contributed by atoms with E-state index in [2.05, 4.69) is 16.6 Å². The molecular formula is C12H12F3NO. The molecule has 0 aliphatic rings. The lowest BCUT2D eigenvalue weighted by molar-refractivity contribution is -0.274. The number of halogens is 3. The van der Waals surface area contributed by atoms with Crippen molar-refractivity contribution in [3.63, 3.8) is 0 Å². The zero-order valence-electron chi connectivity index (χ0n) is 9.43. The van der Waals surface area contributed by atoms with Gasteiger partial charge in [0.2, 0.25) is 0 Å². The van der Waals surface area contributed by atoms with Crippen LogP contribution in [0.2, 0.25) is 0 Å². The lowest BCUT2D eigenvalue weighted by Crippen LogP contribution is -2.29. The summed E-state index contributed by atoms with van der Waals surface area (Å²) >= 11 is 0. The van der Waals surface area contributed by atoms with Crippen molar-refractivity contribution in [2.24, 2.45) is 5.73 Å². The molecule has 5 heteroatoms. The highest BCUT2D eigenvalue weighted by atomic mass is 19.4. The standard InChI is InChI=1S/C12H12F3NO/c1-11(2,16)8-7-9-5-3-4-6-10(9)17-12(13,14)15/h3-6H,16H2,1-2H3. The molecule has 92 valence electrons. The van der Waals surface area contributed by atoms with E-state index in [4.69, 9.17) is 5.73 Å². The maximum Gasteiger partial charge on any atom is 0.573 e. The first kappa shape index (κ1) is 13.4. The summed E-state index contributed by atoms with van der Waals surface area (Å²) in [5.41, 5.74) is 5.01. The Hall–Kier alpha value is -1.67. The van der Waals surface area contributed by atoms with Gasteiger partial charge in [0.05, 0.1) is 11.1 Å². The zero-order valence-corrected chi connectivity index (χ0v) is 9.43. The molecule has 17 heavy (non-hydrogen) atoms. The van der Waals surface area contributed by atoms with Gasteiger partial charge in [0.25, 0.3) is 0 Å². The first-order chi connectivity index (χ1) is 7.67. The Labute approximate surface area is 97.6 Å². The second-order valence-electron chi connectivity index (χ2n) is 4.02. The smallest absolute Gasteiger partial charge is 0.404 e. The molecule has 1 aromatic carbocycles. The Balaban J connectivity index is 3.04. The summed E-state index contributed by atoms with van der Waals surface area (Å²) in [6.07, 6.45) is -4.73. The van der Waals surface area contributed by atoms with Gasteiger partial charge in [0, 0.05) is 0 Å². The van der Waals surface area contributed by atoms with Gasteiger partial charge in [-0.05, 0) is 26.0 Å². The minimum atomic E-state index is -4.73. The maximum atomic E-state index is 12.1. The predicted octanol–water partition coefficient (Wildman–Crippen LogP) is 2.67. The fourth-order valence-electron chi connectivity index (χ4n) is 1.01. The van der Waals surface area contributed by atoms with Gasteiger partial charge in [-0.2, -0.15) is 0 Å². The topological polar surface area (TPSA) is 35.2 Å². The van der Waals surface area contributed by atoms with Gasteiger partial charge in [0.15, 0.2) is 0 Å². The highest BCUT2D eigenvalue weighted by Gasteiger charge is 2.31. The number of benzene rings is 1. The fourth-order valence-corrected chi connectivity index (χ4v) is 1.01. The molecule has 0 bridgehead atoms. The first-order valence-electron chi connectivity index (χ1n) is 4.84. The van der Waals surface area contributed by atoms with Crippen molar-refractivity contribution < 1.29 is 17.9 Å². The molecule has 0 aliphatic heterocycles. The van der Waals surface area contributed by atoms with E-state index in [0.29, 0.717) is 0 Å². The van der Waals surface area contributed by atoms with Crippen molar-refractivity contribution >= 4 is 0 Å². The second-order valence-corrected chi connectivity index (χ2v) is 4.02. The monoisotopic (exact) mass is 243 g/mol. The van der Waals surface area contributed by atoms with Crippen molar-refractivity contribution in [1.29, 1.82) is 0 Å². The number of alkyl halides is 3. The molecule has 0 aliphatic carbocycles. The van der Waals surface area contributed by atoms with Crippen LogP contribution in [0, 0.1) is 11.8 Å². The highest BCUT2D eigenvalue weighted by molar-refractivity contribution is 5.46. The van der Waals surface area contributed by atoms with Gasteiger partial charge in [-0.3, -0.25) is 0 Å². The summed E-state index contributed by atoms with van der Waals surface area (Å²) in [4.78, 5) is 0. The molecule has 2 N–H and O–H groups in total. The van der Waals surface area contributed by atoms with Crippen LogP contribution in [0.5, 0.6) is 5.75 Å². The molecule has 0 heterocycles. The number of hydrogen-bond acceptors (Lipinski definition) is 2. The third-order valence-corrected chi connectivity index (χ3v) is 1.63. The summed E-state index contributed by atoms with van der Waals surface area (Å²) in [6.45, 7) is 3.32. The summed E-state index contributed by atoms with van der Waals surface area (Å²) in [5, 5.41) is 0. The van der Waals surface area contributed by atoms with E-state index in [1.807, 2.05) is 0 Å². The van der Waals surface area contributed by atoms with Crippen LogP contribution in [0.15, 0.2) is 24.3 Å². The van der Waals surface area contributed by atoms with Crippen molar-refractivity contribution in [1.82, 2.24) is 0 Å². The highest BCUT2D eigenvalue weighted by Crippen LogP contribution is 2.25. The molecule has 0 saturated heterocycles. The van der Waals surface area contributed by atoms with Crippen LogP contribution >= 0.6 is 0 Å². The van der Waals surface area contributed by atoms with Crippen LogP contribution < -0.4 is 10.5 Å². The summed E-state index contributed by atoms with van der Waals surface area (Å²) in [6, 6.07) is 5.68. The van der Waals surface area contributed by atoms with Gasteiger partial charge in [-0.15, -0.1) is 13.2 Å². The number of nitrogens with two attached hydrogens (primary N) is 1. The van der Waals surface area contributed by atoms with Crippen molar-refractivity contribution in [2.45, 2.75) is 25.7 Å². The van der Waals surface area contributed by atoms with E-state index in [-0.39, 0.29) is 11.3 Å². The number of para-hydroxylation sites is 1. The van der Waals surface area contributed by atoms with Crippen LogP contribution in [0.4, 0.5) is 13.2 Å². The number of hydrogen-bond donors (Lipinski definition) is 1. The van der Waals surface area contributed by atoms with Gasteiger partial charge < -0.3 is 10.5 Å². The molecule has 0 fully saturated rings. The van der Waals surface area contributed by atoms with Gasteiger partial charge in [-0.1, -0.05) is 24.0 Å². The van der Waals surface area contributed by atoms with Crippen LogP contribution in [0.3, 0.4) is 0 Å². The third-order valence-electron chi connectivity index (χ3n) is 1.63. The Kier molecular flexibility index (Phi) is 3.69. The third kappa shape index (κ3) is 5.27. The van der Waals surface area contributed by atoms with E-state index in [0.717, 1.165) is 0 Å². The van der Waals surface area contributed by atoms with E-state index in [9.17, 15) is 13.2 Å². The lowest BCUT2D eigenvalue weighted by Gasteiger charge is -2.11. The van der Waals surface area contributed by atoms with Crippen LogP contribution in [0.1, 0.15) is 19.4 Å². The van der Waals surface area contributed by atoms with Crippen molar-refractivity contribution in [3.05, 3.63) is 29.8 Å². The van der Waals surface area contributed by atoms with Gasteiger partial charge >= 0.3 is 6.36 Å². The Morgan fingerprint density at radius 1 is 1.18 bits per heavy atom. The maximum absolute atomic E-state index is 12.1. The molecule has 0 unspecified atom stereocenters. The number of rotatable bonds is 1. The van der Waals surface area contributed by atoms with E-state index in [1.54, 1.807) is 19.9 Å². The molecule has 0 atom stereocenters. The predicted molar refractivity (Wildman–Crippen MR) is 58.3 cm³/mol. The Bertz CT molecular complexity index is 449. The quantitative estimate of drug-likeness (QED) is 0.769. The molecule has 1 rings (SSSR count). The molecule has 0 amide bonds. The summed E-state index contributed by atoms with van der Waals surface area (Å²) in [5.74, 6) is 4.90. The Morgan fingerprint density at radius 2 is 1.76 bits per heavy atom. The van der Waals surface area contributed by atoms with Crippen LogP contribution in [-0.4, -0.2) is 11.9 Å². The average Bonchev–Trinajstić information content (AvgIpc) is 2.12. The van der Waals surface area contributed by atoms with Gasteiger partial charge in [-0.25, -0.2) is 0 Å². The fraction of sp³-hybridized carbons (Fsp3) is 0.333.